The SMILES string of the molecule is O=C(c1cccc(-c2n[nH]c(C3CCCCN3C(=O)COc3ccccc3)n2)c1)N1CCSCC1. The number of hydrogen-bond acceptors (Lipinski definition) is 6. The van der Waals surface area contributed by atoms with Gasteiger partial charge < -0.3 is 14.5 Å². The summed E-state index contributed by atoms with van der Waals surface area (Å²) in [7, 11) is 0. The van der Waals surface area contributed by atoms with Crippen molar-refractivity contribution in [2.75, 3.05) is 37.7 Å². The van der Waals surface area contributed by atoms with E-state index >= 15 is 0 Å². The number of aromatic amines is 1. The standard InChI is InChI=1S/C26H29N5O3S/c32-23(18-34-21-9-2-1-3-10-21)31-12-5-4-11-22(31)25-27-24(28-29-25)19-7-6-8-20(17-19)26(33)30-13-15-35-16-14-30/h1-3,6-10,17,22H,4-5,11-16,18H2,(H,27,28,29). The highest BCUT2D eigenvalue weighted by molar-refractivity contribution is 7.99. The van der Waals surface area contributed by atoms with E-state index in [9.17, 15) is 9.59 Å². The third kappa shape index (κ3) is 5.51. The number of ether oxygens (including phenoxy) is 1. The van der Waals surface area contributed by atoms with Crippen LogP contribution in [0.3, 0.4) is 0 Å². The Morgan fingerprint density at radius 2 is 1.86 bits per heavy atom. The number of hydrogen-bond donors (Lipinski definition) is 1. The van der Waals surface area contributed by atoms with Gasteiger partial charge in [0.25, 0.3) is 11.8 Å². The first kappa shape index (κ1) is 23.4. The van der Waals surface area contributed by atoms with E-state index in [0.717, 1.165) is 49.4 Å². The largest absolute Gasteiger partial charge is 0.484 e. The van der Waals surface area contributed by atoms with Crippen molar-refractivity contribution >= 4 is 23.6 Å². The summed E-state index contributed by atoms with van der Waals surface area (Å²) in [6.45, 7) is 2.20. The molecule has 8 nitrogen and oxygen atoms in total. The summed E-state index contributed by atoms with van der Waals surface area (Å²) in [6.07, 6.45) is 2.78. The van der Waals surface area contributed by atoms with Crippen molar-refractivity contribution in [3.05, 3.63) is 66.0 Å². The van der Waals surface area contributed by atoms with Crippen LogP contribution >= 0.6 is 11.8 Å². The molecule has 9 heteroatoms. The molecule has 3 heterocycles. The normalized spacial score (nSPS) is 18.3. The molecule has 0 radical (unpaired) electrons. The lowest BCUT2D eigenvalue weighted by Gasteiger charge is -2.34. The van der Waals surface area contributed by atoms with Crippen molar-refractivity contribution in [2.24, 2.45) is 0 Å². The van der Waals surface area contributed by atoms with E-state index in [0.29, 0.717) is 29.5 Å². The maximum Gasteiger partial charge on any atom is 0.261 e. The first-order chi connectivity index (χ1) is 17.2. The molecular weight excluding hydrogens is 462 g/mol. The molecule has 2 amide bonds. The van der Waals surface area contributed by atoms with E-state index in [4.69, 9.17) is 9.72 Å². The molecular formula is C26H29N5O3S. The van der Waals surface area contributed by atoms with Crippen LogP contribution in [0.4, 0.5) is 0 Å². The molecule has 1 atom stereocenters. The van der Waals surface area contributed by atoms with Crippen LogP contribution in [0.1, 0.15) is 41.5 Å². The van der Waals surface area contributed by atoms with Gasteiger partial charge in [-0.1, -0.05) is 30.3 Å². The number of amides is 2. The maximum atomic E-state index is 13.0. The minimum atomic E-state index is -0.174. The fourth-order valence-corrected chi connectivity index (χ4v) is 5.45. The molecule has 2 aromatic carbocycles. The van der Waals surface area contributed by atoms with E-state index in [1.54, 1.807) is 0 Å². The van der Waals surface area contributed by atoms with Gasteiger partial charge in [-0.3, -0.25) is 14.7 Å². The van der Waals surface area contributed by atoms with Gasteiger partial charge in [-0.15, -0.1) is 0 Å². The highest BCUT2D eigenvalue weighted by atomic mass is 32.2. The topological polar surface area (TPSA) is 91.4 Å². The lowest BCUT2D eigenvalue weighted by Crippen LogP contribution is -2.41. The van der Waals surface area contributed by atoms with Crippen LogP contribution in [0.2, 0.25) is 0 Å². The van der Waals surface area contributed by atoms with Crippen molar-refractivity contribution in [1.82, 2.24) is 25.0 Å². The average molecular weight is 492 g/mol. The second kappa shape index (κ2) is 10.9. The Labute approximate surface area is 209 Å². The van der Waals surface area contributed by atoms with Crippen molar-refractivity contribution < 1.29 is 14.3 Å². The number of nitrogens with zero attached hydrogens (tertiary/aromatic N) is 4. The predicted molar refractivity (Wildman–Crippen MR) is 135 cm³/mol. The first-order valence-corrected chi connectivity index (χ1v) is 13.2. The molecule has 0 saturated carbocycles. The van der Waals surface area contributed by atoms with E-state index in [-0.39, 0.29) is 24.5 Å². The first-order valence-electron chi connectivity index (χ1n) is 12.1. The number of nitrogens with one attached hydrogen (secondary N) is 1. The Morgan fingerprint density at radius 1 is 1.03 bits per heavy atom. The van der Waals surface area contributed by atoms with Gasteiger partial charge in [0, 0.05) is 42.3 Å². The molecule has 2 aliphatic heterocycles. The van der Waals surface area contributed by atoms with E-state index < -0.39 is 0 Å². The van der Waals surface area contributed by atoms with Gasteiger partial charge in [-0.2, -0.15) is 16.9 Å². The van der Waals surface area contributed by atoms with Gasteiger partial charge in [-0.05, 0) is 43.5 Å². The van der Waals surface area contributed by atoms with Crippen molar-refractivity contribution in [3.8, 4) is 17.1 Å². The molecule has 1 aromatic heterocycles. The summed E-state index contributed by atoms with van der Waals surface area (Å²) < 4.78 is 5.69. The van der Waals surface area contributed by atoms with Crippen molar-refractivity contribution in [2.45, 2.75) is 25.3 Å². The van der Waals surface area contributed by atoms with E-state index in [2.05, 4.69) is 10.2 Å². The molecule has 1 N–H and O–H groups in total. The second-order valence-corrected chi connectivity index (χ2v) is 9.95. The summed E-state index contributed by atoms with van der Waals surface area (Å²) in [6, 6.07) is 16.7. The predicted octanol–water partition coefficient (Wildman–Crippen LogP) is 3.79. The molecule has 5 rings (SSSR count). The number of H-pyrrole nitrogens is 1. The van der Waals surface area contributed by atoms with Crippen LogP contribution in [0.15, 0.2) is 54.6 Å². The van der Waals surface area contributed by atoms with Crippen LogP contribution in [0, 0.1) is 0 Å². The molecule has 2 fully saturated rings. The fraction of sp³-hybridized carbons (Fsp3) is 0.385. The third-order valence-electron chi connectivity index (χ3n) is 6.41. The zero-order valence-corrected chi connectivity index (χ0v) is 20.4. The molecule has 0 bridgehead atoms. The van der Waals surface area contributed by atoms with Crippen LogP contribution in [-0.4, -0.2) is 74.5 Å². The number of rotatable bonds is 6. The van der Waals surface area contributed by atoms with Crippen LogP contribution in [0.5, 0.6) is 5.75 Å². The zero-order valence-electron chi connectivity index (χ0n) is 19.6. The Bertz CT molecular complexity index is 1160. The summed E-state index contributed by atoms with van der Waals surface area (Å²) in [4.78, 5) is 34.4. The minimum absolute atomic E-state index is 0.0132. The number of piperidine rings is 1. The summed E-state index contributed by atoms with van der Waals surface area (Å²) in [5.74, 6) is 3.80. The van der Waals surface area contributed by atoms with Gasteiger partial charge in [0.05, 0.1) is 6.04 Å². The molecule has 0 spiro atoms. The Kier molecular flexibility index (Phi) is 7.32. The summed E-state index contributed by atoms with van der Waals surface area (Å²) in [5, 5.41) is 7.48. The monoisotopic (exact) mass is 491 g/mol. The summed E-state index contributed by atoms with van der Waals surface area (Å²) in [5.41, 5.74) is 1.43. The van der Waals surface area contributed by atoms with Crippen molar-refractivity contribution in [1.29, 1.82) is 0 Å². The zero-order chi connectivity index (χ0) is 24.0. The second-order valence-electron chi connectivity index (χ2n) is 8.73. The molecule has 182 valence electrons. The minimum Gasteiger partial charge on any atom is -0.484 e. The average Bonchev–Trinajstić information content (AvgIpc) is 3.43. The van der Waals surface area contributed by atoms with Crippen molar-refractivity contribution in [3.63, 3.8) is 0 Å². The van der Waals surface area contributed by atoms with Gasteiger partial charge in [0.15, 0.2) is 12.4 Å². The number of carbonyl (C=O) groups excluding carboxylic acids is 2. The number of thioether (sulfide) groups is 1. The van der Waals surface area contributed by atoms with Gasteiger partial charge in [-0.25, -0.2) is 4.98 Å². The number of benzene rings is 2. The molecule has 1 unspecified atom stereocenters. The number of carbonyl (C=O) groups is 2. The van der Waals surface area contributed by atoms with E-state index in [1.165, 1.54) is 0 Å². The highest BCUT2D eigenvalue weighted by Gasteiger charge is 2.31. The lowest BCUT2D eigenvalue weighted by atomic mass is 10.0. The number of aromatic nitrogens is 3. The maximum absolute atomic E-state index is 13.0. The Balaban J connectivity index is 1.29. The Hall–Kier alpha value is -3.33. The highest BCUT2D eigenvalue weighted by Crippen LogP contribution is 2.30. The van der Waals surface area contributed by atoms with Gasteiger partial charge in [0.2, 0.25) is 0 Å². The molecule has 2 saturated heterocycles. The van der Waals surface area contributed by atoms with E-state index in [1.807, 2.05) is 76.2 Å². The van der Waals surface area contributed by atoms with Gasteiger partial charge in [0.1, 0.15) is 11.6 Å². The van der Waals surface area contributed by atoms with Gasteiger partial charge >= 0.3 is 0 Å². The number of para-hydroxylation sites is 1. The molecule has 2 aliphatic rings. The quantitative estimate of drug-likeness (QED) is 0.564. The smallest absolute Gasteiger partial charge is 0.261 e. The lowest BCUT2D eigenvalue weighted by molar-refractivity contribution is -0.137. The molecule has 35 heavy (non-hydrogen) atoms. The molecule has 3 aromatic rings. The third-order valence-corrected chi connectivity index (χ3v) is 7.36. The fourth-order valence-electron chi connectivity index (χ4n) is 4.55. The van der Waals surface area contributed by atoms with Crippen LogP contribution in [0.25, 0.3) is 11.4 Å². The summed E-state index contributed by atoms with van der Waals surface area (Å²) >= 11 is 1.88. The van der Waals surface area contributed by atoms with Crippen LogP contribution in [-0.2, 0) is 4.79 Å². The van der Waals surface area contributed by atoms with Crippen LogP contribution < -0.4 is 4.74 Å². The Morgan fingerprint density at radius 3 is 2.69 bits per heavy atom. The number of likely N-dealkylation sites (tertiary alicyclic amines) is 1. The molecule has 0 aliphatic carbocycles.